The number of hydrogen-bond acceptors (Lipinski definition) is 1. The molecule has 0 aliphatic heterocycles. The highest BCUT2D eigenvalue weighted by molar-refractivity contribution is 9.10. The van der Waals surface area contributed by atoms with E-state index in [1.54, 1.807) is 0 Å². The number of halogens is 2. The molecule has 0 N–H and O–H groups in total. The summed E-state index contributed by atoms with van der Waals surface area (Å²) in [4.78, 5) is 2.54. The standard InChI is InChI=1S/C14H19BrClN/c15-13-5-3-4-12(10-13)11-17(9-8-16)14-6-1-2-7-14/h3-5,10,14H,1-2,6-9,11H2. The third kappa shape index (κ3) is 3.97. The highest BCUT2D eigenvalue weighted by atomic mass is 79.9. The summed E-state index contributed by atoms with van der Waals surface area (Å²) in [6.07, 6.45) is 5.43. The van der Waals surface area contributed by atoms with Crippen molar-refractivity contribution in [2.45, 2.75) is 38.3 Å². The van der Waals surface area contributed by atoms with Crippen LogP contribution >= 0.6 is 27.5 Å². The van der Waals surface area contributed by atoms with Gasteiger partial charge in [-0.25, -0.2) is 0 Å². The van der Waals surface area contributed by atoms with E-state index in [1.807, 2.05) is 0 Å². The number of nitrogens with zero attached hydrogens (tertiary/aromatic N) is 1. The van der Waals surface area contributed by atoms with Crippen molar-refractivity contribution in [1.82, 2.24) is 4.90 Å². The number of benzene rings is 1. The summed E-state index contributed by atoms with van der Waals surface area (Å²) in [7, 11) is 0. The van der Waals surface area contributed by atoms with Gasteiger partial charge in [0.2, 0.25) is 0 Å². The Morgan fingerprint density at radius 1 is 1.29 bits per heavy atom. The SMILES string of the molecule is ClCCN(Cc1cccc(Br)c1)C1CCCC1. The van der Waals surface area contributed by atoms with Crippen LogP contribution in [-0.4, -0.2) is 23.4 Å². The van der Waals surface area contributed by atoms with E-state index in [9.17, 15) is 0 Å². The van der Waals surface area contributed by atoms with Gasteiger partial charge in [-0.3, -0.25) is 4.90 Å². The van der Waals surface area contributed by atoms with Gasteiger partial charge in [0.05, 0.1) is 0 Å². The van der Waals surface area contributed by atoms with Crippen LogP contribution in [0.5, 0.6) is 0 Å². The molecule has 17 heavy (non-hydrogen) atoms. The molecule has 0 aromatic heterocycles. The van der Waals surface area contributed by atoms with E-state index in [0.29, 0.717) is 0 Å². The summed E-state index contributed by atoms with van der Waals surface area (Å²) in [6.45, 7) is 2.02. The van der Waals surface area contributed by atoms with Gasteiger partial charge in [-0.1, -0.05) is 40.9 Å². The quantitative estimate of drug-likeness (QED) is 0.726. The molecule has 1 aliphatic rings. The Bertz CT molecular complexity index is 350. The maximum absolute atomic E-state index is 5.92. The fourth-order valence-electron chi connectivity index (χ4n) is 2.64. The molecular formula is C14H19BrClN. The van der Waals surface area contributed by atoms with Gasteiger partial charge < -0.3 is 0 Å². The maximum Gasteiger partial charge on any atom is 0.0351 e. The molecule has 94 valence electrons. The van der Waals surface area contributed by atoms with Crippen LogP contribution in [0.1, 0.15) is 31.2 Å². The van der Waals surface area contributed by atoms with Crippen LogP contribution in [-0.2, 0) is 6.54 Å². The highest BCUT2D eigenvalue weighted by Gasteiger charge is 2.21. The molecule has 1 fully saturated rings. The lowest BCUT2D eigenvalue weighted by molar-refractivity contribution is 0.201. The maximum atomic E-state index is 5.92. The summed E-state index contributed by atoms with van der Waals surface area (Å²) in [5, 5.41) is 0. The Balaban J connectivity index is 2.01. The van der Waals surface area contributed by atoms with E-state index in [4.69, 9.17) is 11.6 Å². The van der Waals surface area contributed by atoms with Crippen LogP contribution < -0.4 is 0 Å². The zero-order valence-corrected chi connectivity index (χ0v) is 12.4. The predicted octanol–water partition coefficient (Wildman–Crippen LogP) is 4.43. The molecule has 1 aliphatic carbocycles. The summed E-state index contributed by atoms with van der Waals surface area (Å²) in [5.74, 6) is 0.727. The molecule has 1 aromatic carbocycles. The average Bonchev–Trinajstić information content (AvgIpc) is 2.82. The van der Waals surface area contributed by atoms with Gasteiger partial charge in [0.25, 0.3) is 0 Å². The van der Waals surface area contributed by atoms with Crippen molar-refractivity contribution >= 4 is 27.5 Å². The average molecular weight is 317 g/mol. The van der Waals surface area contributed by atoms with Crippen molar-refractivity contribution in [3.8, 4) is 0 Å². The normalized spacial score (nSPS) is 16.9. The van der Waals surface area contributed by atoms with Gasteiger partial charge in [0.1, 0.15) is 0 Å². The zero-order valence-electron chi connectivity index (χ0n) is 10.0. The van der Waals surface area contributed by atoms with Gasteiger partial charge in [0.15, 0.2) is 0 Å². The summed E-state index contributed by atoms with van der Waals surface area (Å²) in [6, 6.07) is 9.32. The Labute approximate surface area is 117 Å². The Kier molecular flexibility index (Phi) is 5.33. The van der Waals surface area contributed by atoms with Crippen molar-refractivity contribution < 1.29 is 0 Å². The van der Waals surface area contributed by atoms with E-state index in [-0.39, 0.29) is 0 Å². The van der Waals surface area contributed by atoms with Crippen LogP contribution in [0.25, 0.3) is 0 Å². The third-order valence-electron chi connectivity index (χ3n) is 3.49. The van der Waals surface area contributed by atoms with Crippen molar-refractivity contribution in [2.24, 2.45) is 0 Å². The van der Waals surface area contributed by atoms with Crippen LogP contribution in [0, 0.1) is 0 Å². The molecule has 0 atom stereocenters. The Hall–Kier alpha value is -0.0500. The van der Waals surface area contributed by atoms with E-state index >= 15 is 0 Å². The van der Waals surface area contributed by atoms with Gasteiger partial charge in [0, 0.05) is 29.5 Å². The second kappa shape index (κ2) is 6.77. The summed E-state index contributed by atoms with van der Waals surface area (Å²) < 4.78 is 1.16. The van der Waals surface area contributed by atoms with E-state index in [1.165, 1.54) is 31.2 Å². The predicted molar refractivity (Wildman–Crippen MR) is 77.5 cm³/mol. The second-order valence-electron chi connectivity index (χ2n) is 4.73. The van der Waals surface area contributed by atoms with E-state index < -0.39 is 0 Å². The first-order chi connectivity index (χ1) is 8.29. The highest BCUT2D eigenvalue weighted by Crippen LogP contribution is 2.25. The molecule has 1 saturated carbocycles. The molecule has 0 bridgehead atoms. The molecule has 0 heterocycles. The molecule has 3 heteroatoms. The largest absolute Gasteiger partial charge is 0.295 e. The molecule has 0 amide bonds. The molecule has 0 radical (unpaired) electrons. The van der Waals surface area contributed by atoms with Crippen molar-refractivity contribution in [3.63, 3.8) is 0 Å². The van der Waals surface area contributed by atoms with E-state index in [2.05, 4.69) is 45.1 Å². The molecule has 0 saturated heterocycles. The van der Waals surface area contributed by atoms with Gasteiger partial charge in [-0.2, -0.15) is 0 Å². The van der Waals surface area contributed by atoms with E-state index in [0.717, 1.165) is 29.5 Å². The minimum atomic E-state index is 0.727. The smallest absolute Gasteiger partial charge is 0.0351 e. The summed E-state index contributed by atoms with van der Waals surface area (Å²) in [5.41, 5.74) is 1.37. The van der Waals surface area contributed by atoms with Crippen molar-refractivity contribution in [2.75, 3.05) is 12.4 Å². The second-order valence-corrected chi connectivity index (χ2v) is 6.02. The molecule has 2 rings (SSSR count). The lowest BCUT2D eigenvalue weighted by Gasteiger charge is -2.28. The number of rotatable bonds is 5. The summed E-state index contributed by atoms with van der Waals surface area (Å²) >= 11 is 9.45. The van der Waals surface area contributed by atoms with Crippen LogP contribution in [0.4, 0.5) is 0 Å². The van der Waals surface area contributed by atoms with Gasteiger partial charge >= 0.3 is 0 Å². The lowest BCUT2D eigenvalue weighted by Crippen LogP contribution is -2.34. The molecule has 1 nitrogen and oxygen atoms in total. The molecule has 1 aromatic rings. The first-order valence-corrected chi connectivity index (χ1v) is 7.67. The fourth-order valence-corrected chi connectivity index (χ4v) is 3.30. The monoisotopic (exact) mass is 315 g/mol. The van der Waals surface area contributed by atoms with Crippen molar-refractivity contribution in [3.05, 3.63) is 34.3 Å². The minimum Gasteiger partial charge on any atom is -0.295 e. The zero-order chi connectivity index (χ0) is 12.1. The number of hydrogen-bond donors (Lipinski definition) is 0. The van der Waals surface area contributed by atoms with Gasteiger partial charge in [-0.15, -0.1) is 11.6 Å². The Morgan fingerprint density at radius 2 is 2.06 bits per heavy atom. The first-order valence-electron chi connectivity index (χ1n) is 6.34. The first kappa shape index (κ1) is 13.4. The topological polar surface area (TPSA) is 3.24 Å². The Morgan fingerprint density at radius 3 is 2.71 bits per heavy atom. The van der Waals surface area contributed by atoms with Crippen LogP contribution in [0.15, 0.2) is 28.7 Å². The van der Waals surface area contributed by atoms with Crippen LogP contribution in [0.3, 0.4) is 0 Å². The third-order valence-corrected chi connectivity index (χ3v) is 4.15. The van der Waals surface area contributed by atoms with Crippen LogP contribution in [0.2, 0.25) is 0 Å². The minimum absolute atomic E-state index is 0.727. The molecule has 0 spiro atoms. The number of alkyl halides is 1. The molecule has 0 unspecified atom stereocenters. The van der Waals surface area contributed by atoms with Gasteiger partial charge in [-0.05, 0) is 30.5 Å². The lowest BCUT2D eigenvalue weighted by atomic mass is 10.1. The van der Waals surface area contributed by atoms with Crippen molar-refractivity contribution in [1.29, 1.82) is 0 Å². The molecular weight excluding hydrogens is 298 g/mol. The fraction of sp³-hybridized carbons (Fsp3) is 0.571.